The van der Waals surface area contributed by atoms with Crippen molar-refractivity contribution in [1.29, 1.82) is 0 Å². The molecule has 0 radical (unpaired) electrons. The van der Waals surface area contributed by atoms with Crippen LogP contribution in [0.2, 0.25) is 0 Å². The van der Waals surface area contributed by atoms with E-state index in [0.29, 0.717) is 17.2 Å². The molecule has 1 aromatic heterocycles. The lowest BCUT2D eigenvalue weighted by atomic mass is 9.85. The van der Waals surface area contributed by atoms with Crippen molar-refractivity contribution in [3.8, 4) is 0 Å². The molecule has 1 saturated heterocycles. The van der Waals surface area contributed by atoms with Crippen molar-refractivity contribution in [3.63, 3.8) is 0 Å². The molecular formula is C16H22N2O3S. The molecule has 1 aliphatic carbocycles. The zero-order valence-corrected chi connectivity index (χ0v) is 13.6. The number of carbonyl (C=O) groups is 2. The lowest BCUT2D eigenvalue weighted by Gasteiger charge is -2.32. The van der Waals surface area contributed by atoms with E-state index in [0.717, 1.165) is 43.5 Å². The Balaban J connectivity index is 1.85. The molecule has 2 fully saturated rings. The maximum Gasteiger partial charge on any atom is 0.326 e. The Hall–Kier alpha value is -1.43. The second-order valence-corrected chi connectivity index (χ2v) is 7.40. The molecule has 1 aromatic rings. The summed E-state index contributed by atoms with van der Waals surface area (Å²) in [6.07, 6.45) is 8.29. The van der Waals surface area contributed by atoms with E-state index in [1.54, 1.807) is 11.1 Å². The van der Waals surface area contributed by atoms with Crippen LogP contribution in [-0.2, 0) is 11.2 Å². The number of nitrogens with zero attached hydrogens (tertiary/aromatic N) is 2. The Labute approximate surface area is 134 Å². The first kappa shape index (κ1) is 15.5. The molecular weight excluding hydrogens is 300 g/mol. The molecule has 0 spiro atoms. The molecule has 3 atom stereocenters. The number of carboxylic acids is 1. The molecule has 2 heterocycles. The smallest absolute Gasteiger partial charge is 0.326 e. The number of hydrogen-bond donors (Lipinski definition) is 1. The Morgan fingerprint density at radius 3 is 2.91 bits per heavy atom. The van der Waals surface area contributed by atoms with Crippen molar-refractivity contribution < 1.29 is 14.7 Å². The summed E-state index contributed by atoms with van der Waals surface area (Å²) in [6, 6.07) is -0.573. The van der Waals surface area contributed by atoms with Gasteiger partial charge >= 0.3 is 5.97 Å². The molecule has 0 aromatic carbocycles. The fraction of sp³-hybridized carbons (Fsp3) is 0.688. The van der Waals surface area contributed by atoms with Crippen molar-refractivity contribution in [2.45, 2.75) is 64.0 Å². The Kier molecular flexibility index (Phi) is 4.47. The van der Waals surface area contributed by atoms with Gasteiger partial charge in [0.1, 0.15) is 10.9 Å². The van der Waals surface area contributed by atoms with Crippen LogP contribution in [0.3, 0.4) is 0 Å². The maximum absolute atomic E-state index is 12.9. The second kappa shape index (κ2) is 6.36. The summed E-state index contributed by atoms with van der Waals surface area (Å²) in [5, 5.41) is 10.5. The van der Waals surface area contributed by atoms with Gasteiger partial charge in [-0.05, 0) is 38.0 Å². The molecule has 5 nitrogen and oxygen atoms in total. The average Bonchev–Trinajstić information content (AvgIpc) is 3.11. The van der Waals surface area contributed by atoms with E-state index < -0.39 is 12.0 Å². The van der Waals surface area contributed by atoms with Gasteiger partial charge in [0.25, 0.3) is 5.91 Å². The van der Waals surface area contributed by atoms with Gasteiger partial charge in [0.15, 0.2) is 0 Å². The molecule has 1 aliphatic heterocycles. The van der Waals surface area contributed by atoms with E-state index in [1.807, 2.05) is 0 Å². The fourth-order valence-corrected chi connectivity index (χ4v) is 4.80. The minimum atomic E-state index is -0.874. The van der Waals surface area contributed by atoms with Crippen LogP contribution >= 0.6 is 11.3 Å². The molecule has 2 aliphatic rings. The number of amides is 1. The number of rotatable bonds is 4. The number of hydrogen-bond acceptors (Lipinski definition) is 4. The van der Waals surface area contributed by atoms with E-state index in [-0.39, 0.29) is 11.9 Å². The van der Waals surface area contributed by atoms with E-state index in [2.05, 4.69) is 11.9 Å². The third-order valence-electron chi connectivity index (χ3n) is 4.84. The molecule has 3 rings (SSSR count). The third-order valence-corrected chi connectivity index (χ3v) is 5.88. The quantitative estimate of drug-likeness (QED) is 0.925. The predicted octanol–water partition coefficient (Wildman–Crippen LogP) is 2.95. The lowest BCUT2D eigenvalue weighted by molar-refractivity contribution is -0.141. The average molecular weight is 322 g/mol. The molecule has 0 bridgehead atoms. The predicted molar refractivity (Wildman–Crippen MR) is 84.1 cm³/mol. The van der Waals surface area contributed by atoms with Crippen LogP contribution < -0.4 is 0 Å². The molecule has 6 heteroatoms. The SMILES string of the molecule is CCCc1ncc(C(=O)N2[C@@H]3CCCC[C@@H]3C[C@H]2C(=O)O)s1. The Morgan fingerprint density at radius 1 is 1.41 bits per heavy atom. The van der Waals surface area contributed by atoms with Crippen molar-refractivity contribution in [3.05, 3.63) is 16.1 Å². The highest BCUT2D eigenvalue weighted by atomic mass is 32.1. The Morgan fingerprint density at radius 2 is 2.18 bits per heavy atom. The summed E-state index contributed by atoms with van der Waals surface area (Å²) >= 11 is 1.41. The van der Waals surface area contributed by atoms with Crippen LogP contribution in [0.15, 0.2) is 6.20 Å². The first-order valence-electron chi connectivity index (χ1n) is 8.12. The summed E-state index contributed by atoms with van der Waals surface area (Å²) in [6.45, 7) is 2.08. The van der Waals surface area contributed by atoms with Gasteiger partial charge in [-0.25, -0.2) is 9.78 Å². The van der Waals surface area contributed by atoms with E-state index >= 15 is 0 Å². The first-order chi connectivity index (χ1) is 10.6. The van der Waals surface area contributed by atoms with Crippen LogP contribution in [-0.4, -0.2) is 39.0 Å². The topological polar surface area (TPSA) is 70.5 Å². The van der Waals surface area contributed by atoms with Crippen LogP contribution in [0.25, 0.3) is 0 Å². The summed E-state index contributed by atoms with van der Waals surface area (Å²) in [5.41, 5.74) is 0. The molecule has 22 heavy (non-hydrogen) atoms. The van der Waals surface area contributed by atoms with Gasteiger partial charge in [0.2, 0.25) is 0 Å². The van der Waals surface area contributed by atoms with E-state index in [9.17, 15) is 14.7 Å². The van der Waals surface area contributed by atoms with Crippen LogP contribution in [0.5, 0.6) is 0 Å². The summed E-state index contributed by atoms with van der Waals surface area (Å²) in [5.74, 6) is -0.662. The van der Waals surface area contributed by atoms with Gasteiger partial charge < -0.3 is 10.0 Å². The summed E-state index contributed by atoms with van der Waals surface area (Å²) < 4.78 is 0. The number of fused-ring (bicyclic) bond motifs is 1. The van der Waals surface area contributed by atoms with Gasteiger partial charge in [-0.2, -0.15) is 0 Å². The molecule has 1 amide bonds. The molecule has 1 N–H and O–H groups in total. The largest absolute Gasteiger partial charge is 0.480 e. The highest BCUT2D eigenvalue weighted by Gasteiger charge is 2.47. The third kappa shape index (κ3) is 2.76. The minimum Gasteiger partial charge on any atom is -0.480 e. The fourth-order valence-electron chi connectivity index (χ4n) is 3.84. The number of aromatic nitrogens is 1. The van der Waals surface area contributed by atoms with E-state index in [1.165, 1.54) is 11.3 Å². The normalized spacial score (nSPS) is 27.7. The number of aryl methyl sites for hydroxylation is 1. The van der Waals surface area contributed by atoms with Gasteiger partial charge in [-0.1, -0.05) is 19.8 Å². The molecule has 1 saturated carbocycles. The second-order valence-electron chi connectivity index (χ2n) is 6.28. The monoisotopic (exact) mass is 322 g/mol. The van der Waals surface area contributed by atoms with Crippen molar-refractivity contribution in [2.75, 3.05) is 0 Å². The standard InChI is InChI=1S/C16H22N2O3S/c1-2-5-14-17-9-13(22-14)15(19)18-11-7-4-3-6-10(11)8-12(18)16(20)21/h9-12H,2-8H2,1H3,(H,20,21)/t10-,11-,12+/m1/s1. The van der Waals surface area contributed by atoms with Crippen LogP contribution in [0.4, 0.5) is 0 Å². The Bertz CT molecular complexity index is 571. The van der Waals surface area contributed by atoms with Gasteiger partial charge in [-0.3, -0.25) is 4.79 Å². The van der Waals surface area contributed by atoms with Crippen LogP contribution in [0.1, 0.15) is 60.1 Å². The summed E-state index contributed by atoms with van der Waals surface area (Å²) in [7, 11) is 0. The van der Waals surface area contributed by atoms with Crippen molar-refractivity contribution in [1.82, 2.24) is 9.88 Å². The van der Waals surface area contributed by atoms with Gasteiger partial charge in [0.05, 0.1) is 11.2 Å². The number of thiazole rings is 1. The van der Waals surface area contributed by atoms with Crippen molar-refractivity contribution in [2.24, 2.45) is 5.92 Å². The maximum atomic E-state index is 12.9. The highest BCUT2D eigenvalue weighted by molar-refractivity contribution is 7.13. The number of carboxylic acid groups (broad SMARTS) is 1. The minimum absolute atomic E-state index is 0.0964. The van der Waals surface area contributed by atoms with Gasteiger partial charge in [0, 0.05) is 6.04 Å². The highest BCUT2D eigenvalue weighted by Crippen LogP contribution is 2.40. The number of aliphatic carboxylic acids is 1. The van der Waals surface area contributed by atoms with Crippen molar-refractivity contribution >= 4 is 23.2 Å². The van der Waals surface area contributed by atoms with Gasteiger partial charge in [-0.15, -0.1) is 11.3 Å². The number of likely N-dealkylation sites (tertiary alicyclic amines) is 1. The first-order valence-corrected chi connectivity index (χ1v) is 8.93. The lowest BCUT2D eigenvalue weighted by Crippen LogP contribution is -2.46. The van der Waals surface area contributed by atoms with E-state index in [4.69, 9.17) is 0 Å². The molecule has 0 unspecified atom stereocenters. The number of carbonyl (C=O) groups excluding carboxylic acids is 1. The zero-order chi connectivity index (χ0) is 15.7. The molecule has 120 valence electrons. The zero-order valence-electron chi connectivity index (χ0n) is 12.8. The van der Waals surface area contributed by atoms with Crippen LogP contribution in [0, 0.1) is 5.92 Å². The summed E-state index contributed by atoms with van der Waals surface area (Å²) in [4.78, 5) is 31.0.